The Morgan fingerprint density at radius 2 is 1.41 bits per heavy atom. The third kappa shape index (κ3) is 3.41. The highest BCUT2D eigenvalue weighted by Gasteiger charge is 2.46. The number of benzene rings is 2. The molecule has 2 aromatic carbocycles. The summed E-state index contributed by atoms with van der Waals surface area (Å²) in [7, 11) is 0. The summed E-state index contributed by atoms with van der Waals surface area (Å²) in [6, 6.07) is 15.5. The number of ether oxygens (including phenoxy) is 1. The molecule has 27 heavy (non-hydrogen) atoms. The predicted octanol–water partition coefficient (Wildman–Crippen LogP) is 5.51. The summed E-state index contributed by atoms with van der Waals surface area (Å²) in [5.74, 6) is 2.85. The number of aliphatic hydroxyl groups excluding tert-OH is 1. The van der Waals surface area contributed by atoms with Gasteiger partial charge in [0.25, 0.3) is 0 Å². The fraction of sp³-hybridized carbons (Fsp3) is 0.458. The van der Waals surface area contributed by atoms with Gasteiger partial charge in [-0.1, -0.05) is 31.9 Å². The van der Waals surface area contributed by atoms with Crippen molar-refractivity contribution in [2.24, 2.45) is 11.8 Å². The third-order valence-electron chi connectivity index (χ3n) is 6.94. The van der Waals surface area contributed by atoms with Gasteiger partial charge in [0.2, 0.25) is 0 Å². The van der Waals surface area contributed by atoms with Gasteiger partial charge in [-0.3, -0.25) is 4.79 Å². The zero-order valence-electron chi connectivity index (χ0n) is 16.0. The van der Waals surface area contributed by atoms with Crippen molar-refractivity contribution in [1.82, 2.24) is 0 Å². The zero-order valence-corrected chi connectivity index (χ0v) is 16.0. The minimum Gasteiger partial charge on any atom is -0.457 e. The highest BCUT2D eigenvalue weighted by molar-refractivity contribution is 5.96. The van der Waals surface area contributed by atoms with Gasteiger partial charge in [-0.15, -0.1) is 0 Å². The molecule has 0 unspecified atom stereocenters. The maximum absolute atomic E-state index is 11.5. The van der Waals surface area contributed by atoms with Gasteiger partial charge in [0.1, 0.15) is 18.1 Å². The van der Waals surface area contributed by atoms with Gasteiger partial charge in [-0.2, -0.15) is 0 Å². The van der Waals surface area contributed by atoms with Crippen molar-refractivity contribution in [2.45, 2.75) is 50.9 Å². The molecule has 1 N–H and O–H groups in total. The summed E-state index contributed by atoms with van der Waals surface area (Å²) in [6.07, 6.45) is 8.24. The molecule has 2 bridgehead atoms. The molecule has 4 rings (SSSR count). The fourth-order valence-corrected chi connectivity index (χ4v) is 5.33. The first-order valence-corrected chi connectivity index (χ1v) is 10.1. The van der Waals surface area contributed by atoms with E-state index in [2.05, 4.69) is 31.2 Å². The Balaban J connectivity index is 1.50. The van der Waals surface area contributed by atoms with Crippen molar-refractivity contribution in [3.05, 3.63) is 59.7 Å². The lowest BCUT2D eigenvalue weighted by Crippen LogP contribution is -2.45. The van der Waals surface area contributed by atoms with Crippen molar-refractivity contribution in [3.8, 4) is 11.5 Å². The number of fused-ring (bicyclic) bond motifs is 2. The lowest BCUT2D eigenvalue weighted by atomic mass is 9.53. The van der Waals surface area contributed by atoms with Crippen molar-refractivity contribution in [1.29, 1.82) is 0 Å². The second-order valence-corrected chi connectivity index (χ2v) is 8.27. The summed E-state index contributed by atoms with van der Waals surface area (Å²) in [5, 5.41) is 8.93. The third-order valence-corrected chi connectivity index (χ3v) is 6.94. The molecule has 0 aliphatic heterocycles. The molecule has 2 saturated carbocycles. The first-order valence-electron chi connectivity index (χ1n) is 10.1. The van der Waals surface area contributed by atoms with Crippen LogP contribution in [-0.4, -0.2) is 17.5 Å². The van der Waals surface area contributed by atoms with Crippen LogP contribution >= 0.6 is 0 Å². The lowest BCUT2D eigenvalue weighted by molar-refractivity contribution is 0.0666. The van der Waals surface area contributed by atoms with Crippen LogP contribution in [0.5, 0.6) is 11.5 Å². The monoisotopic (exact) mass is 364 g/mol. The number of Topliss-reactive ketones (excluding diaryl/α,β-unsaturated/α-hetero) is 1. The molecule has 0 atom stereocenters. The summed E-state index contributed by atoms with van der Waals surface area (Å²) in [4.78, 5) is 11.5. The standard InChI is InChI=1S/C24H28O3/c1-24(18-4-2-5-19(24)7-3-6-18)20-10-14-22(15-11-20)27-21-12-8-17(9-13-21)23(26)16-25/h8-15,18-19,25H,2-7,16H2,1H3. The van der Waals surface area contributed by atoms with Crippen molar-refractivity contribution in [2.75, 3.05) is 6.61 Å². The van der Waals surface area contributed by atoms with E-state index in [4.69, 9.17) is 9.84 Å². The Labute approximate surface area is 161 Å². The minimum absolute atomic E-state index is 0.280. The predicted molar refractivity (Wildman–Crippen MR) is 106 cm³/mol. The molecule has 0 aromatic heterocycles. The fourth-order valence-electron chi connectivity index (χ4n) is 5.33. The van der Waals surface area contributed by atoms with Gasteiger partial charge in [-0.05, 0) is 84.9 Å². The highest BCUT2D eigenvalue weighted by Crippen LogP contribution is 2.54. The van der Waals surface area contributed by atoms with Gasteiger partial charge >= 0.3 is 0 Å². The lowest BCUT2D eigenvalue weighted by Gasteiger charge is -2.52. The van der Waals surface area contributed by atoms with E-state index in [-0.39, 0.29) is 5.78 Å². The molecule has 2 aromatic rings. The number of hydrogen-bond donors (Lipinski definition) is 1. The normalized spacial score (nSPS) is 27.2. The molecular weight excluding hydrogens is 336 g/mol. The van der Waals surface area contributed by atoms with Gasteiger partial charge in [-0.25, -0.2) is 0 Å². The minimum atomic E-state index is -0.470. The van der Waals surface area contributed by atoms with Crippen LogP contribution in [0.3, 0.4) is 0 Å². The number of carbonyl (C=O) groups is 1. The summed E-state index contributed by atoms with van der Waals surface area (Å²) in [6.45, 7) is 2.01. The number of aliphatic hydroxyl groups is 1. The van der Waals surface area contributed by atoms with Gasteiger partial charge in [0.15, 0.2) is 5.78 Å². The van der Waals surface area contributed by atoms with Crippen LogP contribution < -0.4 is 4.74 Å². The van der Waals surface area contributed by atoms with Crippen LogP contribution in [0.1, 0.15) is 61.4 Å². The summed E-state index contributed by atoms with van der Waals surface area (Å²) < 4.78 is 5.94. The van der Waals surface area contributed by atoms with E-state index in [0.29, 0.717) is 16.7 Å². The van der Waals surface area contributed by atoms with E-state index in [9.17, 15) is 4.79 Å². The topological polar surface area (TPSA) is 46.5 Å². The molecule has 0 amide bonds. The molecule has 0 saturated heterocycles. The maximum Gasteiger partial charge on any atom is 0.188 e. The number of carbonyl (C=O) groups excluding carboxylic acids is 1. The van der Waals surface area contributed by atoms with Crippen molar-refractivity contribution < 1.29 is 14.6 Å². The molecule has 2 aliphatic carbocycles. The zero-order chi connectivity index (χ0) is 18.9. The van der Waals surface area contributed by atoms with E-state index in [1.54, 1.807) is 24.3 Å². The highest BCUT2D eigenvalue weighted by atomic mass is 16.5. The van der Waals surface area contributed by atoms with Crippen LogP contribution in [0.2, 0.25) is 0 Å². The van der Waals surface area contributed by atoms with Crippen LogP contribution in [0, 0.1) is 11.8 Å². The molecule has 0 spiro atoms. The molecule has 2 fully saturated rings. The largest absolute Gasteiger partial charge is 0.457 e. The second-order valence-electron chi connectivity index (χ2n) is 8.27. The first-order chi connectivity index (χ1) is 13.1. The molecule has 3 nitrogen and oxygen atoms in total. The maximum atomic E-state index is 11.5. The van der Waals surface area contributed by atoms with Gasteiger partial charge in [0, 0.05) is 5.56 Å². The van der Waals surface area contributed by atoms with Crippen LogP contribution in [-0.2, 0) is 5.41 Å². The molecule has 0 heterocycles. The average molecular weight is 364 g/mol. The number of hydrogen-bond acceptors (Lipinski definition) is 3. The molecule has 142 valence electrons. The smallest absolute Gasteiger partial charge is 0.188 e. The quantitative estimate of drug-likeness (QED) is 0.711. The number of ketones is 1. The number of rotatable bonds is 5. The van der Waals surface area contributed by atoms with E-state index in [1.807, 2.05) is 0 Å². The SMILES string of the molecule is CC1(c2ccc(Oc3ccc(C(=O)CO)cc3)cc2)C2CCCC1CCC2. The Hall–Kier alpha value is -2.13. The average Bonchev–Trinajstić information content (AvgIpc) is 2.68. The van der Waals surface area contributed by atoms with Gasteiger partial charge < -0.3 is 9.84 Å². The van der Waals surface area contributed by atoms with Gasteiger partial charge in [0.05, 0.1) is 0 Å². The Bertz CT molecular complexity index is 769. The molecule has 3 heteroatoms. The molecular formula is C24H28O3. The molecule has 2 aliphatic rings. The van der Waals surface area contributed by atoms with E-state index in [1.165, 1.54) is 44.1 Å². The first kappa shape index (κ1) is 18.2. The Morgan fingerprint density at radius 1 is 0.926 bits per heavy atom. The van der Waals surface area contributed by atoms with Crippen LogP contribution in [0.25, 0.3) is 0 Å². The van der Waals surface area contributed by atoms with E-state index >= 15 is 0 Å². The van der Waals surface area contributed by atoms with Crippen LogP contribution in [0.4, 0.5) is 0 Å². The summed E-state index contributed by atoms with van der Waals surface area (Å²) in [5.41, 5.74) is 2.26. The Morgan fingerprint density at radius 3 is 1.89 bits per heavy atom. The summed E-state index contributed by atoms with van der Waals surface area (Å²) >= 11 is 0. The Kier molecular flexibility index (Phi) is 5.05. The second kappa shape index (κ2) is 7.47. The van der Waals surface area contributed by atoms with E-state index in [0.717, 1.165) is 17.6 Å². The molecule has 0 radical (unpaired) electrons. The van der Waals surface area contributed by atoms with E-state index < -0.39 is 6.61 Å². The van der Waals surface area contributed by atoms with Crippen LogP contribution in [0.15, 0.2) is 48.5 Å². The van der Waals surface area contributed by atoms with Crippen molar-refractivity contribution in [3.63, 3.8) is 0 Å². The van der Waals surface area contributed by atoms with Crippen molar-refractivity contribution >= 4 is 5.78 Å².